The Kier molecular flexibility index (Phi) is 2.17. The van der Waals surface area contributed by atoms with Gasteiger partial charge in [-0.15, -0.1) is 0 Å². The Balaban J connectivity index is 0.000000720. The molecule has 0 radical (unpaired) electrons. The summed E-state index contributed by atoms with van der Waals surface area (Å²) >= 11 is 0. The first-order chi connectivity index (χ1) is 5.36. The molecule has 0 bridgehead atoms. The van der Waals surface area contributed by atoms with Crippen LogP contribution in [0.2, 0.25) is 0 Å². The molecule has 2 fully saturated rings. The van der Waals surface area contributed by atoms with Gasteiger partial charge >= 0.3 is 0 Å². The zero-order chi connectivity index (χ0) is 7.68. The molecular weight excluding hydrogens is 134 g/mol. The molecule has 11 heavy (non-hydrogen) atoms. The summed E-state index contributed by atoms with van der Waals surface area (Å²) in [6, 6.07) is 1.67. The van der Waals surface area contributed by atoms with Gasteiger partial charge in [-0.3, -0.25) is 0 Å². The Morgan fingerprint density at radius 2 is 1.91 bits per heavy atom. The summed E-state index contributed by atoms with van der Waals surface area (Å²) in [6.07, 6.45) is 8.76. The van der Waals surface area contributed by atoms with Gasteiger partial charge in [0.1, 0.15) is 0 Å². The average molecular weight is 155 g/mol. The van der Waals surface area contributed by atoms with Crippen LogP contribution in [-0.2, 0) is 0 Å². The summed E-state index contributed by atoms with van der Waals surface area (Å²) in [5.41, 5.74) is 0. The topological polar surface area (TPSA) is 12.0 Å². The molecule has 3 unspecified atom stereocenters. The minimum absolute atomic E-state index is 0. The molecule has 66 valence electrons. The van der Waals surface area contributed by atoms with Crippen LogP contribution in [0.25, 0.3) is 0 Å². The van der Waals surface area contributed by atoms with Crippen LogP contribution in [0.4, 0.5) is 0 Å². The fourth-order valence-electron chi connectivity index (χ4n) is 2.69. The van der Waals surface area contributed by atoms with Gasteiger partial charge in [0.15, 0.2) is 0 Å². The van der Waals surface area contributed by atoms with E-state index in [-0.39, 0.29) is 1.43 Å². The van der Waals surface area contributed by atoms with Gasteiger partial charge < -0.3 is 5.32 Å². The number of hydrogen-bond acceptors (Lipinski definition) is 1. The number of rotatable bonds is 0. The van der Waals surface area contributed by atoms with Crippen LogP contribution in [0.3, 0.4) is 0 Å². The third-order valence-corrected chi connectivity index (χ3v) is 3.38. The Hall–Kier alpha value is -0.0400. The predicted octanol–water partition coefficient (Wildman–Crippen LogP) is 2.56. The van der Waals surface area contributed by atoms with Gasteiger partial charge in [-0.25, -0.2) is 0 Å². The summed E-state index contributed by atoms with van der Waals surface area (Å²) < 4.78 is 0. The number of nitrogens with one attached hydrogen (secondary N) is 1. The molecule has 1 saturated heterocycles. The van der Waals surface area contributed by atoms with Crippen molar-refractivity contribution < 1.29 is 1.43 Å². The van der Waals surface area contributed by atoms with Crippen molar-refractivity contribution >= 4 is 0 Å². The molecule has 0 aromatic rings. The van der Waals surface area contributed by atoms with Crippen LogP contribution in [0.15, 0.2) is 0 Å². The fraction of sp³-hybridized carbons (Fsp3) is 1.00. The largest absolute Gasteiger partial charge is 0.311 e. The molecule has 1 saturated carbocycles. The van der Waals surface area contributed by atoms with E-state index in [2.05, 4.69) is 12.2 Å². The van der Waals surface area contributed by atoms with E-state index in [0.717, 1.165) is 18.0 Å². The molecular formula is C10H21N. The normalized spacial score (nSPS) is 45.0. The lowest BCUT2D eigenvalue weighted by molar-refractivity contribution is 0.182. The first-order valence-corrected chi connectivity index (χ1v) is 5.12. The van der Waals surface area contributed by atoms with Gasteiger partial charge in [0.2, 0.25) is 0 Å². The second-order valence-electron chi connectivity index (χ2n) is 4.30. The number of hydrogen-bond donors (Lipinski definition) is 1. The van der Waals surface area contributed by atoms with Crippen molar-refractivity contribution in [2.45, 2.75) is 57.5 Å². The maximum Gasteiger partial charge on any atom is 0.00978 e. The van der Waals surface area contributed by atoms with E-state index in [9.17, 15) is 0 Å². The van der Waals surface area contributed by atoms with E-state index in [0.29, 0.717) is 0 Å². The molecule has 0 aromatic carbocycles. The van der Waals surface area contributed by atoms with Crippen LogP contribution in [0, 0.1) is 5.92 Å². The standard InChI is InChI=1S/C10H19N.H2/c1-8-6-7-9-4-2-3-5-10(9)11-8;/h8-11H,2-7H2,1H3;1H. The van der Waals surface area contributed by atoms with Gasteiger partial charge in [-0.05, 0) is 38.5 Å². The van der Waals surface area contributed by atoms with Crippen molar-refractivity contribution in [1.29, 1.82) is 0 Å². The van der Waals surface area contributed by atoms with Crippen LogP contribution in [-0.4, -0.2) is 12.1 Å². The highest BCUT2D eigenvalue weighted by Crippen LogP contribution is 2.31. The molecule has 1 heterocycles. The summed E-state index contributed by atoms with van der Waals surface area (Å²) in [4.78, 5) is 0. The summed E-state index contributed by atoms with van der Waals surface area (Å²) in [5, 5.41) is 3.72. The Bertz CT molecular complexity index is 138. The third kappa shape index (κ3) is 1.58. The highest BCUT2D eigenvalue weighted by Gasteiger charge is 2.29. The molecule has 1 heteroatoms. The molecule has 0 aromatic heterocycles. The van der Waals surface area contributed by atoms with Crippen molar-refractivity contribution in [3.8, 4) is 0 Å². The second-order valence-corrected chi connectivity index (χ2v) is 4.30. The SMILES string of the molecule is CC1CCC2CCCCC2N1.[HH]. The van der Waals surface area contributed by atoms with E-state index in [1.807, 2.05) is 0 Å². The highest BCUT2D eigenvalue weighted by molar-refractivity contribution is 4.87. The van der Waals surface area contributed by atoms with E-state index in [1.165, 1.54) is 38.5 Å². The molecule has 0 spiro atoms. The Morgan fingerprint density at radius 1 is 1.09 bits per heavy atom. The van der Waals surface area contributed by atoms with E-state index in [1.54, 1.807) is 0 Å². The minimum Gasteiger partial charge on any atom is -0.311 e. The van der Waals surface area contributed by atoms with Crippen molar-refractivity contribution in [2.75, 3.05) is 0 Å². The molecule has 1 aliphatic carbocycles. The van der Waals surface area contributed by atoms with Gasteiger partial charge in [-0.1, -0.05) is 12.8 Å². The Labute approximate surface area is 71.0 Å². The van der Waals surface area contributed by atoms with E-state index >= 15 is 0 Å². The van der Waals surface area contributed by atoms with Gasteiger partial charge in [0.25, 0.3) is 0 Å². The quantitative estimate of drug-likeness (QED) is 0.567. The minimum atomic E-state index is 0. The lowest BCUT2D eigenvalue weighted by Gasteiger charge is -2.39. The van der Waals surface area contributed by atoms with Crippen molar-refractivity contribution in [2.24, 2.45) is 5.92 Å². The van der Waals surface area contributed by atoms with Crippen LogP contribution >= 0.6 is 0 Å². The smallest absolute Gasteiger partial charge is 0.00978 e. The average Bonchev–Trinajstić information content (AvgIpc) is 2.04. The van der Waals surface area contributed by atoms with Crippen molar-refractivity contribution in [1.82, 2.24) is 5.32 Å². The van der Waals surface area contributed by atoms with Crippen molar-refractivity contribution in [3.63, 3.8) is 0 Å². The Morgan fingerprint density at radius 3 is 2.82 bits per heavy atom. The molecule has 0 amide bonds. The first-order valence-electron chi connectivity index (χ1n) is 5.12. The zero-order valence-corrected chi connectivity index (χ0v) is 7.47. The second kappa shape index (κ2) is 3.14. The summed E-state index contributed by atoms with van der Waals surface area (Å²) in [6.45, 7) is 2.32. The van der Waals surface area contributed by atoms with Crippen LogP contribution in [0.5, 0.6) is 0 Å². The maximum absolute atomic E-state index is 3.72. The predicted molar refractivity (Wildman–Crippen MR) is 49.7 cm³/mol. The van der Waals surface area contributed by atoms with Gasteiger partial charge in [0.05, 0.1) is 0 Å². The first kappa shape index (κ1) is 7.60. The molecule has 1 nitrogen and oxygen atoms in total. The lowest BCUT2D eigenvalue weighted by Crippen LogP contribution is -2.47. The molecule has 1 aliphatic heterocycles. The molecule has 1 N–H and O–H groups in total. The highest BCUT2D eigenvalue weighted by atomic mass is 15.0. The summed E-state index contributed by atoms with van der Waals surface area (Å²) in [5.74, 6) is 1.03. The maximum atomic E-state index is 3.72. The molecule has 2 aliphatic rings. The third-order valence-electron chi connectivity index (χ3n) is 3.38. The summed E-state index contributed by atoms with van der Waals surface area (Å²) in [7, 11) is 0. The monoisotopic (exact) mass is 155 g/mol. The zero-order valence-electron chi connectivity index (χ0n) is 7.47. The number of fused-ring (bicyclic) bond motifs is 1. The van der Waals surface area contributed by atoms with Crippen molar-refractivity contribution in [3.05, 3.63) is 0 Å². The van der Waals surface area contributed by atoms with E-state index in [4.69, 9.17) is 0 Å². The van der Waals surface area contributed by atoms with Gasteiger partial charge in [0, 0.05) is 13.5 Å². The fourth-order valence-corrected chi connectivity index (χ4v) is 2.69. The molecule has 3 atom stereocenters. The van der Waals surface area contributed by atoms with Crippen LogP contribution < -0.4 is 5.32 Å². The van der Waals surface area contributed by atoms with E-state index < -0.39 is 0 Å². The molecule has 2 rings (SSSR count). The van der Waals surface area contributed by atoms with Crippen LogP contribution in [0.1, 0.15) is 46.9 Å². The lowest BCUT2D eigenvalue weighted by atomic mass is 9.78. The number of piperidine rings is 1. The van der Waals surface area contributed by atoms with Gasteiger partial charge in [-0.2, -0.15) is 0 Å².